The third-order valence-electron chi connectivity index (χ3n) is 2.59. The van der Waals surface area contributed by atoms with Crippen LogP contribution >= 0.6 is 0 Å². The van der Waals surface area contributed by atoms with Crippen LogP contribution in [-0.4, -0.2) is 24.9 Å². The van der Waals surface area contributed by atoms with Gasteiger partial charge in [-0.1, -0.05) is 12.1 Å². The zero-order valence-electron chi connectivity index (χ0n) is 9.88. The number of halogens is 3. The minimum absolute atomic E-state index is 0.0621. The smallest absolute Gasteiger partial charge is 0.390 e. The van der Waals surface area contributed by atoms with E-state index < -0.39 is 12.6 Å². The summed E-state index contributed by atoms with van der Waals surface area (Å²) in [6.07, 6.45) is -4.96. The van der Waals surface area contributed by atoms with Crippen LogP contribution in [0.4, 0.5) is 18.9 Å². The van der Waals surface area contributed by atoms with Gasteiger partial charge in [-0.25, -0.2) is 0 Å². The molecule has 0 aliphatic rings. The number of benzene rings is 1. The van der Waals surface area contributed by atoms with Crippen LogP contribution in [0.15, 0.2) is 18.2 Å². The van der Waals surface area contributed by atoms with Crippen molar-refractivity contribution in [2.45, 2.75) is 26.1 Å². The maximum Gasteiger partial charge on any atom is 0.390 e. The molecule has 17 heavy (non-hydrogen) atoms. The van der Waals surface area contributed by atoms with Gasteiger partial charge in [0.05, 0.1) is 13.0 Å². The molecule has 1 rings (SSSR count). The Morgan fingerprint density at radius 3 is 2.41 bits per heavy atom. The van der Waals surface area contributed by atoms with Crippen LogP contribution in [0.5, 0.6) is 0 Å². The van der Waals surface area contributed by atoms with Crippen LogP contribution in [0.1, 0.15) is 17.5 Å². The van der Waals surface area contributed by atoms with E-state index in [-0.39, 0.29) is 13.2 Å². The highest BCUT2D eigenvalue weighted by molar-refractivity contribution is 5.53. The quantitative estimate of drug-likeness (QED) is 0.884. The second kappa shape index (κ2) is 5.40. The van der Waals surface area contributed by atoms with Crippen LogP contribution in [-0.2, 0) is 6.61 Å². The van der Waals surface area contributed by atoms with Gasteiger partial charge < -0.3 is 10.0 Å². The third kappa shape index (κ3) is 4.26. The lowest BCUT2D eigenvalue weighted by Gasteiger charge is -2.22. The fourth-order valence-electron chi connectivity index (χ4n) is 1.66. The molecule has 2 nitrogen and oxygen atoms in total. The van der Waals surface area contributed by atoms with E-state index in [1.165, 1.54) is 0 Å². The standard InChI is InChI=1S/C12H16F3NO/c1-9-7-10(8-17)3-4-11(9)16(2)6-5-12(13,14)15/h3-4,7,17H,5-6,8H2,1-2H3. The minimum atomic E-state index is -4.13. The Labute approximate surface area is 98.7 Å². The number of nitrogens with zero attached hydrogens (tertiary/aromatic N) is 1. The molecule has 1 N–H and O–H groups in total. The Balaban J connectivity index is 2.72. The Morgan fingerprint density at radius 1 is 1.29 bits per heavy atom. The van der Waals surface area contributed by atoms with Crippen LogP contribution < -0.4 is 4.90 Å². The Hall–Kier alpha value is -1.23. The highest BCUT2D eigenvalue weighted by Gasteiger charge is 2.27. The van der Waals surface area contributed by atoms with Gasteiger partial charge in [-0.05, 0) is 24.1 Å². The second-order valence-electron chi connectivity index (χ2n) is 4.07. The summed E-state index contributed by atoms with van der Waals surface area (Å²) in [5.74, 6) is 0. The van der Waals surface area contributed by atoms with Gasteiger partial charge in [0.25, 0.3) is 0 Å². The van der Waals surface area contributed by atoms with E-state index in [1.807, 2.05) is 6.92 Å². The van der Waals surface area contributed by atoms with Crippen molar-refractivity contribution in [3.63, 3.8) is 0 Å². The van der Waals surface area contributed by atoms with Gasteiger partial charge in [-0.15, -0.1) is 0 Å². The number of aliphatic hydroxyl groups is 1. The molecule has 0 aliphatic heterocycles. The molecule has 0 bridgehead atoms. The first-order valence-corrected chi connectivity index (χ1v) is 5.32. The summed E-state index contributed by atoms with van der Waals surface area (Å²) in [6.45, 7) is 1.69. The average molecular weight is 247 g/mol. The maximum atomic E-state index is 12.1. The van der Waals surface area contributed by atoms with Crippen LogP contribution in [0.3, 0.4) is 0 Å². The fraction of sp³-hybridized carbons (Fsp3) is 0.500. The Bertz CT molecular complexity index is 377. The molecule has 5 heteroatoms. The van der Waals surface area contributed by atoms with E-state index in [0.717, 1.165) is 16.8 Å². The van der Waals surface area contributed by atoms with Gasteiger partial charge in [-0.2, -0.15) is 13.2 Å². The number of aryl methyl sites for hydroxylation is 1. The predicted molar refractivity (Wildman–Crippen MR) is 61.0 cm³/mol. The Morgan fingerprint density at radius 2 is 1.94 bits per heavy atom. The summed E-state index contributed by atoms with van der Waals surface area (Å²) in [4.78, 5) is 1.57. The molecular weight excluding hydrogens is 231 g/mol. The van der Waals surface area contributed by atoms with Crippen molar-refractivity contribution in [3.05, 3.63) is 29.3 Å². The molecule has 0 fully saturated rings. The van der Waals surface area contributed by atoms with Crippen LogP contribution in [0.2, 0.25) is 0 Å². The van der Waals surface area contributed by atoms with E-state index >= 15 is 0 Å². The number of anilines is 1. The van der Waals surface area contributed by atoms with E-state index in [4.69, 9.17) is 5.11 Å². The number of rotatable bonds is 4. The highest BCUT2D eigenvalue weighted by Crippen LogP contribution is 2.24. The second-order valence-corrected chi connectivity index (χ2v) is 4.07. The molecule has 0 radical (unpaired) electrons. The number of aliphatic hydroxyl groups excluding tert-OH is 1. The number of hydrogen-bond acceptors (Lipinski definition) is 2. The zero-order chi connectivity index (χ0) is 13.1. The van der Waals surface area contributed by atoms with Gasteiger partial charge in [-0.3, -0.25) is 0 Å². The fourth-order valence-corrected chi connectivity index (χ4v) is 1.66. The van der Waals surface area contributed by atoms with E-state index in [1.54, 1.807) is 30.1 Å². The Kier molecular flexibility index (Phi) is 4.40. The SMILES string of the molecule is Cc1cc(CO)ccc1N(C)CCC(F)(F)F. The monoisotopic (exact) mass is 247 g/mol. The van der Waals surface area contributed by atoms with Crippen molar-refractivity contribution >= 4 is 5.69 Å². The molecule has 96 valence electrons. The largest absolute Gasteiger partial charge is 0.392 e. The molecule has 0 aliphatic carbocycles. The molecule has 0 aromatic heterocycles. The van der Waals surface area contributed by atoms with E-state index in [2.05, 4.69) is 0 Å². The minimum Gasteiger partial charge on any atom is -0.392 e. The summed E-state index contributed by atoms with van der Waals surface area (Å²) in [6, 6.07) is 5.23. The van der Waals surface area contributed by atoms with Crippen molar-refractivity contribution in [3.8, 4) is 0 Å². The molecule has 0 unspecified atom stereocenters. The van der Waals surface area contributed by atoms with Crippen molar-refractivity contribution in [2.24, 2.45) is 0 Å². The topological polar surface area (TPSA) is 23.5 Å². The van der Waals surface area contributed by atoms with Crippen molar-refractivity contribution in [2.75, 3.05) is 18.5 Å². The third-order valence-corrected chi connectivity index (χ3v) is 2.59. The summed E-state index contributed by atoms with van der Waals surface area (Å²) in [7, 11) is 1.63. The molecular formula is C12H16F3NO. The van der Waals surface area contributed by atoms with Crippen molar-refractivity contribution in [1.29, 1.82) is 0 Å². The first-order chi connectivity index (χ1) is 7.83. The first-order valence-electron chi connectivity index (χ1n) is 5.32. The first kappa shape index (κ1) is 13.8. The lowest BCUT2D eigenvalue weighted by Crippen LogP contribution is -2.24. The molecule has 1 aromatic rings. The van der Waals surface area contributed by atoms with Gasteiger partial charge >= 0.3 is 6.18 Å². The predicted octanol–water partition coefficient (Wildman–Crippen LogP) is 2.88. The molecule has 0 atom stereocenters. The molecule has 0 saturated carbocycles. The summed E-state index contributed by atoms with van der Waals surface area (Å²) in [5.41, 5.74) is 2.38. The van der Waals surface area contributed by atoms with E-state index in [0.29, 0.717) is 0 Å². The normalized spacial score (nSPS) is 11.6. The lowest BCUT2D eigenvalue weighted by atomic mass is 10.1. The van der Waals surface area contributed by atoms with Crippen LogP contribution in [0.25, 0.3) is 0 Å². The molecule has 0 amide bonds. The van der Waals surface area contributed by atoms with Crippen LogP contribution in [0, 0.1) is 6.92 Å². The summed E-state index contributed by atoms with van der Waals surface area (Å²) in [5, 5.41) is 8.94. The maximum absolute atomic E-state index is 12.1. The van der Waals surface area contributed by atoms with Crippen molar-refractivity contribution in [1.82, 2.24) is 0 Å². The van der Waals surface area contributed by atoms with Crippen molar-refractivity contribution < 1.29 is 18.3 Å². The number of hydrogen-bond donors (Lipinski definition) is 1. The van der Waals surface area contributed by atoms with Gasteiger partial charge in [0.2, 0.25) is 0 Å². The molecule has 0 spiro atoms. The van der Waals surface area contributed by atoms with Gasteiger partial charge in [0, 0.05) is 19.3 Å². The molecule has 0 heterocycles. The lowest BCUT2D eigenvalue weighted by molar-refractivity contribution is -0.132. The van der Waals surface area contributed by atoms with E-state index in [9.17, 15) is 13.2 Å². The molecule has 1 aromatic carbocycles. The summed E-state index contributed by atoms with van der Waals surface area (Å²) >= 11 is 0. The van der Waals surface area contributed by atoms with Gasteiger partial charge in [0.1, 0.15) is 0 Å². The number of alkyl halides is 3. The zero-order valence-corrected chi connectivity index (χ0v) is 9.88. The van der Waals surface area contributed by atoms with Gasteiger partial charge in [0.15, 0.2) is 0 Å². The molecule has 0 saturated heterocycles. The highest BCUT2D eigenvalue weighted by atomic mass is 19.4. The average Bonchev–Trinajstić information content (AvgIpc) is 2.24. The summed E-state index contributed by atoms with van der Waals surface area (Å²) < 4.78 is 36.3.